The highest BCUT2D eigenvalue weighted by molar-refractivity contribution is 14.1. The molecule has 0 aliphatic heterocycles. The van der Waals surface area contributed by atoms with E-state index in [1.54, 1.807) is 40.9 Å². The number of hydrogen-bond donors (Lipinski definition) is 0. The van der Waals surface area contributed by atoms with Crippen molar-refractivity contribution in [1.29, 1.82) is 0 Å². The van der Waals surface area contributed by atoms with Gasteiger partial charge in [-0.15, -0.1) is 0 Å². The third-order valence-corrected chi connectivity index (χ3v) is 1.98. The van der Waals surface area contributed by atoms with Crippen LogP contribution in [0.4, 0.5) is 0 Å². The Labute approximate surface area is 74.8 Å². The van der Waals surface area contributed by atoms with E-state index in [4.69, 9.17) is 0 Å². The van der Waals surface area contributed by atoms with Gasteiger partial charge in [0.1, 0.15) is 0 Å². The number of pyridine rings is 1. The van der Waals surface area contributed by atoms with Gasteiger partial charge in [0, 0.05) is 34.4 Å². The fraction of sp³-hybridized carbons (Fsp3) is 0. The van der Waals surface area contributed by atoms with Crippen molar-refractivity contribution in [1.82, 2.24) is 4.98 Å². The molecule has 2 nitrogen and oxygen atoms in total. The Morgan fingerprint density at radius 3 is 2.70 bits per heavy atom. The lowest BCUT2D eigenvalue weighted by Gasteiger charge is -1.92. The minimum absolute atomic E-state index is 0.0232. The summed E-state index contributed by atoms with van der Waals surface area (Å²) in [5, 5.41) is 0. The van der Waals surface area contributed by atoms with Gasteiger partial charge in [0.2, 0.25) is 3.79 Å². The third kappa shape index (κ3) is 1.99. The first-order valence-corrected chi connectivity index (χ1v) is 4.27. The molecule has 1 atom stereocenters. The normalized spacial score (nSPS) is 9.40. The molecule has 1 aromatic rings. The van der Waals surface area contributed by atoms with Gasteiger partial charge in [-0.3, -0.25) is 9.78 Å². The highest BCUT2D eigenvalue weighted by Crippen LogP contribution is 2.02. The van der Waals surface area contributed by atoms with Gasteiger partial charge in [-0.25, -0.2) is 0 Å². The van der Waals surface area contributed by atoms with Crippen molar-refractivity contribution in [3.8, 4) is 0 Å². The Kier molecular flexibility index (Phi) is 2.74. The van der Waals surface area contributed by atoms with Gasteiger partial charge < -0.3 is 0 Å². The number of hydrogen-bond acceptors (Lipinski definition) is 2. The Morgan fingerprint density at radius 2 is 2.30 bits per heavy atom. The van der Waals surface area contributed by atoms with E-state index in [0.717, 1.165) is 5.44 Å². The van der Waals surface area contributed by atoms with Crippen molar-refractivity contribution in [2.45, 2.75) is 0 Å². The molecule has 1 heterocycles. The predicted octanol–water partition coefficient (Wildman–Crippen LogP) is 1.16. The molecule has 1 unspecified atom stereocenters. The van der Waals surface area contributed by atoms with Crippen molar-refractivity contribution < 1.29 is 4.79 Å². The van der Waals surface area contributed by atoms with Crippen molar-refractivity contribution in [2.75, 3.05) is 0 Å². The molecule has 1 aromatic heterocycles. The predicted molar refractivity (Wildman–Crippen MR) is 51.9 cm³/mol. The third-order valence-electron chi connectivity index (χ3n) is 1.01. The summed E-state index contributed by atoms with van der Waals surface area (Å²) < 4.78 is 0.0232. The van der Waals surface area contributed by atoms with E-state index in [0.29, 0.717) is 5.56 Å². The molecule has 0 aromatic carbocycles. The fourth-order valence-electron chi connectivity index (χ4n) is 0.522. The average Bonchev–Trinajstić information content (AvgIpc) is 1.88. The molecular formula is C6H5INOP. The first-order chi connectivity index (χ1) is 4.70. The van der Waals surface area contributed by atoms with E-state index < -0.39 is 0 Å². The summed E-state index contributed by atoms with van der Waals surface area (Å²) >= 11 is 1.73. The van der Waals surface area contributed by atoms with E-state index in [1.165, 1.54) is 0 Å². The van der Waals surface area contributed by atoms with Crippen LogP contribution in [0.25, 0.3) is 0 Å². The number of carbonyl (C=O) groups is 1. The zero-order valence-corrected chi connectivity index (χ0v) is 8.36. The standard InChI is InChI=1S/C6H5INOP/c7-6(9)4-1-2-5(10)8-3-4/h1-3H,10H2. The number of halogens is 1. The number of carbonyl (C=O) groups excluding carboxylic acids is 1. The van der Waals surface area contributed by atoms with E-state index in [-0.39, 0.29) is 3.79 Å². The van der Waals surface area contributed by atoms with Gasteiger partial charge in [0.15, 0.2) is 0 Å². The van der Waals surface area contributed by atoms with Crippen LogP contribution in [0.5, 0.6) is 0 Å². The van der Waals surface area contributed by atoms with E-state index >= 15 is 0 Å². The van der Waals surface area contributed by atoms with Crippen LogP contribution in [-0.4, -0.2) is 8.77 Å². The second-order valence-electron chi connectivity index (χ2n) is 1.75. The van der Waals surface area contributed by atoms with Crippen LogP contribution >= 0.6 is 31.8 Å². The molecule has 0 bridgehead atoms. The number of nitrogens with zero attached hydrogens (tertiary/aromatic N) is 1. The molecule has 0 spiro atoms. The summed E-state index contributed by atoms with van der Waals surface area (Å²) in [6, 6.07) is 3.54. The molecular weight excluding hydrogens is 260 g/mol. The molecule has 4 heteroatoms. The minimum Gasteiger partial charge on any atom is -0.282 e. The van der Waals surface area contributed by atoms with Crippen molar-refractivity contribution >= 4 is 41.1 Å². The molecule has 0 fully saturated rings. The zero-order valence-electron chi connectivity index (χ0n) is 5.04. The topological polar surface area (TPSA) is 30.0 Å². The molecule has 0 aliphatic rings. The Morgan fingerprint density at radius 1 is 1.60 bits per heavy atom. The molecule has 52 valence electrons. The van der Waals surface area contributed by atoms with Crippen LogP contribution in [0.1, 0.15) is 10.4 Å². The second kappa shape index (κ2) is 3.39. The Hall–Kier alpha value is -0.0200. The molecule has 0 aliphatic carbocycles. The quantitative estimate of drug-likeness (QED) is 0.433. The van der Waals surface area contributed by atoms with E-state index in [2.05, 4.69) is 14.2 Å². The van der Waals surface area contributed by atoms with E-state index in [9.17, 15) is 4.79 Å². The lowest BCUT2D eigenvalue weighted by molar-refractivity contribution is 0.110. The van der Waals surface area contributed by atoms with Crippen LogP contribution in [-0.2, 0) is 0 Å². The molecule has 10 heavy (non-hydrogen) atoms. The van der Waals surface area contributed by atoms with Crippen molar-refractivity contribution in [3.05, 3.63) is 23.9 Å². The van der Waals surface area contributed by atoms with Crippen LogP contribution in [0.15, 0.2) is 18.3 Å². The van der Waals surface area contributed by atoms with Crippen LogP contribution < -0.4 is 5.44 Å². The average molecular weight is 265 g/mol. The largest absolute Gasteiger partial charge is 0.282 e. The Bertz CT molecular complexity index is 246. The first kappa shape index (κ1) is 8.08. The monoisotopic (exact) mass is 265 g/mol. The smallest absolute Gasteiger partial charge is 0.223 e. The van der Waals surface area contributed by atoms with Crippen molar-refractivity contribution in [3.63, 3.8) is 0 Å². The van der Waals surface area contributed by atoms with Gasteiger partial charge in [-0.2, -0.15) is 0 Å². The van der Waals surface area contributed by atoms with E-state index in [1.807, 2.05) is 0 Å². The summed E-state index contributed by atoms with van der Waals surface area (Å²) in [5.41, 5.74) is 1.49. The van der Waals surface area contributed by atoms with Crippen LogP contribution in [0, 0.1) is 0 Å². The molecule has 1 rings (SSSR count). The number of rotatable bonds is 1. The summed E-state index contributed by atoms with van der Waals surface area (Å²) in [6.45, 7) is 0. The maximum absolute atomic E-state index is 10.7. The maximum atomic E-state index is 10.7. The van der Waals surface area contributed by atoms with Crippen LogP contribution in [0.3, 0.4) is 0 Å². The fourth-order valence-corrected chi connectivity index (χ4v) is 1.01. The van der Waals surface area contributed by atoms with Gasteiger partial charge in [-0.1, -0.05) is 9.24 Å². The SMILES string of the molecule is O=C(I)c1ccc(P)nc1. The summed E-state index contributed by atoms with van der Waals surface area (Å²) in [4.78, 5) is 14.6. The molecule has 0 amide bonds. The van der Waals surface area contributed by atoms with Crippen molar-refractivity contribution in [2.24, 2.45) is 0 Å². The lowest BCUT2D eigenvalue weighted by Crippen LogP contribution is -1.98. The molecule has 0 radical (unpaired) electrons. The first-order valence-electron chi connectivity index (χ1n) is 2.61. The van der Waals surface area contributed by atoms with Gasteiger partial charge in [0.25, 0.3) is 0 Å². The zero-order chi connectivity index (χ0) is 7.56. The number of aromatic nitrogens is 1. The van der Waals surface area contributed by atoms with Gasteiger partial charge >= 0.3 is 0 Å². The van der Waals surface area contributed by atoms with Gasteiger partial charge in [-0.05, 0) is 12.1 Å². The maximum Gasteiger partial charge on any atom is 0.223 e. The van der Waals surface area contributed by atoms with Crippen LogP contribution in [0.2, 0.25) is 0 Å². The molecule has 0 N–H and O–H groups in total. The summed E-state index contributed by atoms with van der Waals surface area (Å²) in [5.74, 6) is 0. The second-order valence-corrected chi connectivity index (χ2v) is 3.32. The highest BCUT2D eigenvalue weighted by Gasteiger charge is 1.98. The highest BCUT2D eigenvalue weighted by atomic mass is 127. The lowest BCUT2D eigenvalue weighted by atomic mass is 10.3. The molecule has 0 saturated carbocycles. The van der Waals surface area contributed by atoms with Gasteiger partial charge in [0.05, 0.1) is 5.44 Å². The minimum atomic E-state index is 0.0232. The molecule has 0 saturated heterocycles. The summed E-state index contributed by atoms with van der Waals surface area (Å²) in [7, 11) is 2.46. The summed E-state index contributed by atoms with van der Waals surface area (Å²) in [6.07, 6.45) is 1.57. The Balaban J connectivity index is 3.00.